The molecule has 2 heterocycles. The quantitative estimate of drug-likeness (QED) is 0.558. The summed E-state index contributed by atoms with van der Waals surface area (Å²) < 4.78 is 0. The molecule has 0 aliphatic carbocycles. The molecule has 2 saturated heterocycles. The third kappa shape index (κ3) is 1.74. The van der Waals surface area contributed by atoms with Gasteiger partial charge in [0.15, 0.2) is 0 Å². The Labute approximate surface area is 69.0 Å². The van der Waals surface area contributed by atoms with Crippen LogP contribution < -0.4 is 5.32 Å². The molecule has 0 aromatic heterocycles. The standard InChI is InChI=1S/C9H17N2/c1-2-4-9-8-10-5-7-11(9)6-3-1/h10H,1-8H2. The zero-order valence-corrected chi connectivity index (χ0v) is 7.10. The molecule has 0 saturated carbocycles. The van der Waals surface area contributed by atoms with E-state index in [1.54, 1.807) is 6.04 Å². The van der Waals surface area contributed by atoms with Crippen molar-refractivity contribution in [3.8, 4) is 0 Å². The van der Waals surface area contributed by atoms with E-state index in [-0.39, 0.29) is 0 Å². The molecule has 2 aliphatic rings. The van der Waals surface area contributed by atoms with Gasteiger partial charge in [0.1, 0.15) is 0 Å². The summed E-state index contributed by atoms with van der Waals surface area (Å²) in [6.07, 6.45) is 5.59. The summed E-state index contributed by atoms with van der Waals surface area (Å²) in [5.41, 5.74) is 0. The number of hydrogen-bond acceptors (Lipinski definition) is 2. The molecule has 63 valence electrons. The third-order valence-corrected chi connectivity index (χ3v) is 2.73. The molecule has 1 N–H and O–H groups in total. The van der Waals surface area contributed by atoms with E-state index in [9.17, 15) is 0 Å². The number of nitrogens with one attached hydrogen (secondary N) is 1. The van der Waals surface area contributed by atoms with Gasteiger partial charge in [0, 0.05) is 19.6 Å². The van der Waals surface area contributed by atoms with Crippen molar-refractivity contribution < 1.29 is 0 Å². The van der Waals surface area contributed by atoms with E-state index in [4.69, 9.17) is 0 Å². The Kier molecular flexibility index (Phi) is 2.44. The van der Waals surface area contributed by atoms with E-state index in [1.807, 2.05) is 0 Å². The van der Waals surface area contributed by atoms with Crippen LogP contribution in [0.25, 0.3) is 0 Å². The second-order valence-electron chi connectivity index (χ2n) is 3.54. The lowest BCUT2D eigenvalue weighted by Crippen LogP contribution is -2.45. The van der Waals surface area contributed by atoms with E-state index in [0.29, 0.717) is 0 Å². The fraction of sp³-hybridized carbons (Fsp3) is 0.889. The van der Waals surface area contributed by atoms with Gasteiger partial charge >= 0.3 is 0 Å². The van der Waals surface area contributed by atoms with Crippen molar-refractivity contribution in [2.24, 2.45) is 0 Å². The molecule has 2 fully saturated rings. The minimum atomic E-state index is 1.15. The van der Waals surface area contributed by atoms with Crippen molar-refractivity contribution in [3.05, 3.63) is 6.04 Å². The van der Waals surface area contributed by atoms with Crippen molar-refractivity contribution in [1.29, 1.82) is 0 Å². The Hall–Kier alpha value is -0.0800. The van der Waals surface area contributed by atoms with Gasteiger partial charge in [-0.2, -0.15) is 0 Å². The van der Waals surface area contributed by atoms with Crippen molar-refractivity contribution in [2.45, 2.75) is 25.7 Å². The van der Waals surface area contributed by atoms with Gasteiger partial charge in [0.05, 0.1) is 6.04 Å². The molecule has 0 spiro atoms. The lowest BCUT2D eigenvalue weighted by atomic mass is 10.1. The Bertz CT molecular complexity index is 111. The van der Waals surface area contributed by atoms with Gasteiger partial charge in [-0.25, -0.2) is 0 Å². The SMILES string of the molecule is C1CC[C]2CNCCN2CC1. The van der Waals surface area contributed by atoms with Crippen LogP contribution in [-0.2, 0) is 0 Å². The molecule has 1 radical (unpaired) electrons. The predicted molar refractivity (Wildman–Crippen MR) is 46.2 cm³/mol. The van der Waals surface area contributed by atoms with Crippen LogP contribution in [0, 0.1) is 6.04 Å². The average Bonchev–Trinajstić information content (AvgIpc) is 2.28. The van der Waals surface area contributed by atoms with E-state index >= 15 is 0 Å². The fourth-order valence-corrected chi connectivity index (χ4v) is 2.04. The molecule has 0 amide bonds. The predicted octanol–water partition coefficient (Wildman–Crippen LogP) is 0.998. The summed E-state index contributed by atoms with van der Waals surface area (Å²) >= 11 is 0. The monoisotopic (exact) mass is 153 g/mol. The molecule has 2 rings (SSSR count). The van der Waals surface area contributed by atoms with Crippen molar-refractivity contribution in [1.82, 2.24) is 10.2 Å². The lowest BCUT2D eigenvalue weighted by Gasteiger charge is -2.33. The van der Waals surface area contributed by atoms with Crippen molar-refractivity contribution in [3.63, 3.8) is 0 Å². The first-order valence-corrected chi connectivity index (χ1v) is 4.77. The van der Waals surface area contributed by atoms with Gasteiger partial charge in [0.2, 0.25) is 0 Å². The Balaban J connectivity index is 1.93. The highest BCUT2D eigenvalue weighted by Gasteiger charge is 2.23. The fourth-order valence-electron chi connectivity index (χ4n) is 2.04. The van der Waals surface area contributed by atoms with Crippen LogP contribution in [0.2, 0.25) is 0 Å². The number of fused-ring (bicyclic) bond motifs is 1. The summed E-state index contributed by atoms with van der Waals surface area (Å²) in [5.74, 6) is 0. The van der Waals surface area contributed by atoms with E-state index in [1.165, 1.54) is 45.3 Å². The maximum Gasteiger partial charge on any atom is 0.0530 e. The van der Waals surface area contributed by atoms with Gasteiger partial charge < -0.3 is 5.32 Å². The summed E-state index contributed by atoms with van der Waals surface area (Å²) in [6, 6.07) is 1.66. The summed E-state index contributed by atoms with van der Waals surface area (Å²) in [5, 5.41) is 3.43. The molecule has 2 aliphatic heterocycles. The van der Waals surface area contributed by atoms with Crippen LogP contribution in [0.5, 0.6) is 0 Å². The minimum Gasteiger partial charge on any atom is -0.314 e. The first-order chi connectivity index (χ1) is 5.47. The van der Waals surface area contributed by atoms with Crippen molar-refractivity contribution >= 4 is 0 Å². The van der Waals surface area contributed by atoms with Crippen LogP contribution in [0.3, 0.4) is 0 Å². The zero-order valence-electron chi connectivity index (χ0n) is 7.10. The Morgan fingerprint density at radius 3 is 3.09 bits per heavy atom. The maximum absolute atomic E-state index is 3.43. The number of hydrogen-bond donors (Lipinski definition) is 1. The van der Waals surface area contributed by atoms with Crippen LogP contribution in [-0.4, -0.2) is 31.1 Å². The highest BCUT2D eigenvalue weighted by atomic mass is 15.2. The summed E-state index contributed by atoms with van der Waals surface area (Å²) in [7, 11) is 0. The molecule has 2 nitrogen and oxygen atoms in total. The summed E-state index contributed by atoms with van der Waals surface area (Å²) in [6.45, 7) is 4.90. The molecular weight excluding hydrogens is 136 g/mol. The lowest BCUT2D eigenvalue weighted by molar-refractivity contribution is 0.243. The molecule has 0 atom stereocenters. The van der Waals surface area contributed by atoms with Gasteiger partial charge in [-0.05, 0) is 19.4 Å². The van der Waals surface area contributed by atoms with E-state index < -0.39 is 0 Å². The number of rotatable bonds is 0. The molecule has 0 unspecified atom stereocenters. The second kappa shape index (κ2) is 3.55. The van der Waals surface area contributed by atoms with Crippen LogP contribution in [0.4, 0.5) is 0 Å². The van der Waals surface area contributed by atoms with Crippen molar-refractivity contribution in [2.75, 3.05) is 26.2 Å². The third-order valence-electron chi connectivity index (χ3n) is 2.73. The largest absolute Gasteiger partial charge is 0.314 e. The van der Waals surface area contributed by atoms with E-state index in [2.05, 4.69) is 10.2 Å². The molecule has 2 heteroatoms. The second-order valence-corrected chi connectivity index (χ2v) is 3.54. The van der Waals surface area contributed by atoms with Crippen LogP contribution in [0.15, 0.2) is 0 Å². The number of piperazine rings is 1. The highest BCUT2D eigenvalue weighted by Crippen LogP contribution is 2.22. The van der Waals surface area contributed by atoms with Gasteiger partial charge in [-0.3, -0.25) is 4.90 Å². The Morgan fingerprint density at radius 2 is 2.09 bits per heavy atom. The molecule has 11 heavy (non-hydrogen) atoms. The molecule has 0 bridgehead atoms. The van der Waals surface area contributed by atoms with Crippen LogP contribution in [0.1, 0.15) is 25.7 Å². The topological polar surface area (TPSA) is 15.3 Å². The maximum atomic E-state index is 3.43. The smallest absolute Gasteiger partial charge is 0.0530 e. The average molecular weight is 153 g/mol. The zero-order chi connectivity index (χ0) is 7.52. The molecule has 0 aromatic carbocycles. The Morgan fingerprint density at radius 1 is 1.09 bits per heavy atom. The molecular formula is C9H17N2. The minimum absolute atomic E-state index is 1.15. The summed E-state index contributed by atoms with van der Waals surface area (Å²) in [4.78, 5) is 2.59. The molecule has 0 aromatic rings. The van der Waals surface area contributed by atoms with Crippen LogP contribution >= 0.6 is 0 Å². The van der Waals surface area contributed by atoms with Gasteiger partial charge in [-0.15, -0.1) is 0 Å². The normalized spacial score (nSPS) is 29.5. The highest BCUT2D eigenvalue weighted by molar-refractivity contribution is 4.96. The number of nitrogens with zero attached hydrogens (tertiary/aromatic N) is 1. The van der Waals surface area contributed by atoms with Gasteiger partial charge in [-0.1, -0.05) is 12.8 Å². The first kappa shape index (κ1) is 7.56. The van der Waals surface area contributed by atoms with Gasteiger partial charge in [0.25, 0.3) is 0 Å². The first-order valence-electron chi connectivity index (χ1n) is 4.77. The van der Waals surface area contributed by atoms with E-state index in [0.717, 1.165) is 6.54 Å².